The van der Waals surface area contributed by atoms with Gasteiger partial charge in [-0.15, -0.1) is 0 Å². The SMILES string of the molecule is CC(C)CN=C(NN)NCCN1CCCCC1. The number of piperidine rings is 1. The molecule has 17 heavy (non-hydrogen) atoms. The van der Waals surface area contributed by atoms with Crippen molar-refractivity contribution >= 4 is 5.96 Å². The molecule has 0 radical (unpaired) electrons. The average Bonchev–Trinajstić information content (AvgIpc) is 2.34. The molecule has 1 saturated heterocycles. The molecule has 1 aliphatic rings. The molecule has 0 amide bonds. The third-order valence-electron chi connectivity index (χ3n) is 2.92. The van der Waals surface area contributed by atoms with Gasteiger partial charge in [0.2, 0.25) is 5.96 Å². The van der Waals surface area contributed by atoms with E-state index >= 15 is 0 Å². The largest absolute Gasteiger partial charge is 0.354 e. The molecule has 1 heterocycles. The van der Waals surface area contributed by atoms with Gasteiger partial charge in [-0.05, 0) is 31.8 Å². The van der Waals surface area contributed by atoms with Crippen LogP contribution in [0.2, 0.25) is 0 Å². The summed E-state index contributed by atoms with van der Waals surface area (Å²) in [6, 6.07) is 0. The van der Waals surface area contributed by atoms with Gasteiger partial charge in [0.15, 0.2) is 0 Å². The van der Waals surface area contributed by atoms with Crippen LogP contribution >= 0.6 is 0 Å². The zero-order chi connectivity index (χ0) is 12.5. The Balaban J connectivity index is 2.16. The molecule has 5 nitrogen and oxygen atoms in total. The minimum absolute atomic E-state index is 0.558. The molecule has 1 aliphatic heterocycles. The summed E-state index contributed by atoms with van der Waals surface area (Å²) < 4.78 is 0. The maximum absolute atomic E-state index is 5.42. The maximum atomic E-state index is 5.42. The van der Waals surface area contributed by atoms with Crippen LogP contribution in [0.4, 0.5) is 0 Å². The fourth-order valence-electron chi connectivity index (χ4n) is 1.94. The lowest BCUT2D eigenvalue weighted by Crippen LogP contribution is -2.45. The molecule has 1 fully saturated rings. The number of guanidine groups is 1. The summed E-state index contributed by atoms with van der Waals surface area (Å²) in [4.78, 5) is 6.87. The number of hydrazine groups is 1. The summed E-state index contributed by atoms with van der Waals surface area (Å²) in [5.74, 6) is 6.68. The van der Waals surface area contributed by atoms with Crippen molar-refractivity contribution in [1.29, 1.82) is 0 Å². The molecule has 0 aliphatic carbocycles. The van der Waals surface area contributed by atoms with Gasteiger partial charge in [0, 0.05) is 19.6 Å². The van der Waals surface area contributed by atoms with Gasteiger partial charge in [-0.25, -0.2) is 5.84 Å². The van der Waals surface area contributed by atoms with Crippen LogP contribution in [0.5, 0.6) is 0 Å². The van der Waals surface area contributed by atoms with Crippen molar-refractivity contribution in [2.24, 2.45) is 16.8 Å². The van der Waals surface area contributed by atoms with Crippen LogP contribution in [0.1, 0.15) is 33.1 Å². The minimum atomic E-state index is 0.558. The second-order valence-corrected chi connectivity index (χ2v) is 5.06. The van der Waals surface area contributed by atoms with E-state index < -0.39 is 0 Å². The molecule has 0 unspecified atom stereocenters. The first-order valence-electron chi connectivity index (χ1n) is 6.69. The summed E-state index contributed by atoms with van der Waals surface area (Å²) >= 11 is 0. The van der Waals surface area contributed by atoms with E-state index in [0.717, 1.165) is 19.6 Å². The summed E-state index contributed by atoms with van der Waals surface area (Å²) in [5.41, 5.74) is 2.62. The van der Waals surface area contributed by atoms with Crippen LogP contribution in [0.3, 0.4) is 0 Å². The Hall–Kier alpha value is -0.810. The summed E-state index contributed by atoms with van der Waals surface area (Å²) in [6.45, 7) is 9.53. The molecular formula is C12H27N5. The topological polar surface area (TPSA) is 65.7 Å². The highest BCUT2D eigenvalue weighted by molar-refractivity contribution is 5.79. The molecule has 100 valence electrons. The number of hydrogen-bond donors (Lipinski definition) is 3. The Labute approximate surface area is 105 Å². The molecule has 0 spiro atoms. The number of nitrogens with one attached hydrogen (secondary N) is 2. The molecule has 0 aromatic carbocycles. The quantitative estimate of drug-likeness (QED) is 0.284. The first-order chi connectivity index (χ1) is 8.22. The summed E-state index contributed by atoms with van der Waals surface area (Å²) in [6.07, 6.45) is 4.06. The first kappa shape index (κ1) is 14.3. The third kappa shape index (κ3) is 6.48. The van der Waals surface area contributed by atoms with Gasteiger partial charge in [0.1, 0.15) is 0 Å². The average molecular weight is 241 g/mol. The van der Waals surface area contributed by atoms with Crippen molar-refractivity contribution in [1.82, 2.24) is 15.6 Å². The molecule has 0 saturated carbocycles. The lowest BCUT2D eigenvalue weighted by Gasteiger charge is -2.26. The molecule has 1 rings (SSSR count). The van der Waals surface area contributed by atoms with Gasteiger partial charge < -0.3 is 10.2 Å². The molecule has 0 aromatic heterocycles. The monoisotopic (exact) mass is 241 g/mol. The van der Waals surface area contributed by atoms with Crippen LogP contribution in [-0.4, -0.2) is 43.6 Å². The first-order valence-corrected chi connectivity index (χ1v) is 6.69. The molecule has 0 atom stereocenters. The second kappa shape index (κ2) is 8.31. The number of rotatable bonds is 5. The Morgan fingerprint density at radius 1 is 1.29 bits per heavy atom. The lowest BCUT2D eigenvalue weighted by atomic mass is 10.1. The van der Waals surface area contributed by atoms with Gasteiger partial charge in [0.25, 0.3) is 0 Å². The standard InChI is InChI=1S/C12H27N5/c1-11(2)10-15-12(16-13)14-6-9-17-7-4-3-5-8-17/h11H,3-10,13H2,1-2H3,(H2,14,15,16). The highest BCUT2D eigenvalue weighted by Crippen LogP contribution is 2.07. The highest BCUT2D eigenvalue weighted by Gasteiger charge is 2.09. The van der Waals surface area contributed by atoms with E-state index in [-0.39, 0.29) is 0 Å². The van der Waals surface area contributed by atoms with Crippen LogP contribution in [0.25, 0.3) is 0 Å². The van der Waals surface area contributed by atoms with E-state index in [1.165, 1.54) is 32.4 Å². The number of hydrogen-bond acceptors (Lipinski definition) is 3. The normalized spacial score (nSPS) is 18.5. The maximum Gasteiger partial charge on any atom is 0.205 e. The molecule has 0 bridgehead atoms. The van der Waals surface area contributed by atoms with E-state index in [4.69, 9.17) is 5.84 Å². The zero-order valence-electron chi connectivity index (χ0n) is 11.2. The fourth-order valence-corrected chi connectivity index (χ4v) is 1.94. The molecule has 4 N–H and O–H groups in total. The van der Waals surface area contributed by atoms with E-state index in [1.54, 1.807) is 0 Å². The molecule has 5 heteroatoms. The Morgan fingerprint density at radius 3 is 2.59 bits per heavy atom. The van der Waals surface area contributed by atoms with Crippen molar-refractivity contribution < 1.29 is 0 Å². The molecule has 0 aromatic rings. The van der Waals surface area contributed by atoms with Gasteiger partial charge in [-0.3, -0.25) is 10.4 Å². The van der Waals surface area contributed by atoms with E-state index in [0.29, 0.717) is 11.9 Å². The lowest BCUT2D eigenvalue weighted by molar-refractivity contribution is 0.232. The van der Waals surface area contributed by atoms with E-state index in [1.807, 2.05) is 0 Å². The van der Waals surface area contributed by atoms with Gasteiger partial charge in [-0.2, -0.15) is 0 Å². The number of nitrogens with two attached hydrogens (primary N) is 1. The predicted molar refractivity (Wildman–Crippen MR) is 72.8 cm³/mol. The van der Waals surface area contributed by atoms with Crippen LogP contribution < -0.4 is 16.6 Å². The number of aliphatic imine (C=N–C) groups is 1. The second-order valence-electron chi connectivity index (χ2n) is 5.06. The van der Waals surface area contributed by atoms with Gasteiger partial charge in [-0.1, -0.05) is 20.3 Å². The Morgan fingerprint density at radius 2 is 2.00 bits per heavy atom. The van der Waals surface area contributed by atoms with Crippen molar-refractivity contribution in [2.75, 3.05) is 32.7 Å². The smallest absolute Gasteiger partial charge is 0.205 e. The van der Waals surface area contributed by atoms with E-state index in [2.05, 4.69) is 34.5 Å². The third-order valence-corrected chi connectivity index (χ3v) is 2.92. The highest BCUT2D eigenvalue weighted by atomic mass is 15.3. The van der Waals surface area contributed by atoms with Crippen molar-refractivity contribution in [3.8, 4) is 0 Å². The zero-order valence-corrected chi connectivity index (χ0v) is 11.2. The van der Waals surface area contributed by atoms with Gasteiger partial charge in [0.05, 0.1) is 0 Å². The van der Waals surface area contributed by atoms with Crippen molar-refractivity contribution in [3.63, 3.8) is 0 Å². The molecular weight excluding hydrogens is 214 g/mol. The van der Waals surface area contributed by atoms with Crippen LogP contribution in [0, 0.1) is 5.92 Å². The Kier molecular flexibility index (Phi) is 6.96. The van der Waals surface area contributed by atoms with E-state index in [9.17, 15) is 0 Å². The van der Waals surface area contributed by atoms with Crippen molar-refractivity contribution in [2.45, 2.75) is 33.1 Å². The summed E-state index contributed by atoms with van der Waals surface area (Å²) in [7, 11) is 0. The van der Waals surface area contributed by atoms with Crippen LogP contribution in [-0.2, 0) is 0 Å². The predicted octanol–water partition coefficient (Wildman–Crippen LogP) is 0.537. The number of likely N-dealkylation sites (tertiary alicyclic amines) is 1. The minimum Gasteiger partial charge on any atom is -0.354 e. The van der Waals surface area contributed by atoms with Gasteiger partial charge >= 0.3 is 0 Å². The Bertz CT molecular complexity index is 221. The van der Waals surface area contributed by atoms with Crippen LogP contribution in [0.15, 0.2) is 4.99 Å². The summed E-state index contributed by atoms with van der Waals surface area (Å²) in [5, 5.41) is 3.24. The fraction of sp³-hybridized carbons (Fsp3) is 0.917. The van der Waals surface area contributed by atoms with Crippen molar-refractivity contribution in [3.05, 3.63) is 0 Å². The number of nitrogens with zero attached hydrogens (tertiary/aromatic N) is 2.